The van der Waals surface area contributed by atoms with Crippen LogP contribution < -0.4 is 5.32 Å². The lowest BCUT2D eigenvalue weighted by atomic mass is 10.0. The highest BCUT2D eigenvalue weighted by molar-refractivity contribution is 9.10. The van der Waals surface area contributed by atoms with Gasteiger partial charge in [-0.15, -0.1) is 11.3 Å². The third-order valence-electron chi connectivity index (χ3n) is 2.92. The molecule has 0 aliphatic heterocycles. The van der Waals surface area contributed by atoms with Crippen LogP contribution in [0, 0.1) is 5.82 Å². The predicted octanol–water partition coefficient (Wildman–Crippen LogP) is 4.02. The molecule has 0 radical (unpaired) electrons. The van der Waals surface area contributed by atoms with Crippen LogP contribution in [-0.2, 0) is 12.8 Å². The van der Waals surface area contributed by atoms with Crippen molar-refractivity contribution in [2.75, 3.05) is 7.05 Å². The Morgan fingerprint density at radius 2 is 2.17 bits per heavy atom. The molecule has 1 unspecified atom stereocenters. The molecule has 2 rings (SSSR count). The van der Waals surface area contributed by atoms with Gasteiger partial charge in [0.25, 0.3) is 0 Å². The Morgan fingerprint density at radius 3 is 2.78 bits per heavy atom. The average Bonchev–Trinajstić information content (AvgIpc) is 2.84. The van der Waals surface area contributed by atoms with Crippen LogP contribution in [0.2, 0.25) is 0 Å². The van der Waals surface area contributed by atoms with Crippen LogP contribution in [0.1, 0.15) is 10.4 Å². The quantitative estimate of drug-likeness (QED) is 0.874. The van der Waals surface area contributed by atoms with Crippen LogP contribution >= 0.6 is 27.3 Å². The lowest BCUT2D eigenvalue weighted by molar-refractivity contribution is 0.534. The number of rotatable bonds is 5. The first-order valence-corrected chi connectivity index (χ1v) is 7.50. The summed E-state index contributed by atoms with van der Waals surface area (Å²) in [6.45, 7) is 0. The first-order chi connectivity index (χ1) is 8.69. The molecular weight excluding hydrogens is 313 g/mol. The maximum absolute atomic E-state index is 13.8. The number of nitrogens with one attached hydrogen (secondary N) is 1. The molecule has 0 amide bonds. The van der Waals surface area contributed by atoms with E-state index >= 15 is 0 Å². The van der Waals surface area contributed by atoms with Crippen LogP contribution in [0.4, 0.5) is 4.39 Å². The number of likely N-dealkylation sites (N-methyl/N-ethyl adjacent to an activating group) is 1. The van der Waals surface area contributed by atoms with E-state index in [0.29, 0.717) is 6.42 Å². The van der Waals surface area contributed by atoms with Crippen molar-refractivity contribution >= 4 is 27.3 Å². The van der Waals surface area contributed by atoms with E-state index in [1.165, 1.54) is 10.9 Å². The number of halogens is 2. The van der Waals surface area contributed by atoms with Crippen LogP contribution in [0.5, 0.6) is 0 Å². The molecule has 0 fully saturated rings. The minimum absolute atomic E-state index is 0.143. The third kappa shape index (κ3) is 3.64. The van der Waals surface area contributed by atoms with Crippen LogP contribution in [0.15, 0.2) is 40.2 Å². The Hall–Kier alpha value is -0.710. The molecule has 1 nitrogen and oxygen atoms in total. The molecular formula is C14H15BrFNS. The zero-order chi connectivity index (χ0) is 13.0. The molecule has 1 N–H and O–H groups in total. The summed E-state index contributed by atoms with van der Waals surface area (Å²) >= 11 is 5.02. The van der Waals surface area contributed by atoms with Gasteiger partial charge < -0.3 is 5.32 Å². The number of hydrogen-bond acceptors (Lipinski definition) is 2. The van der Waals surface area contributed by atoms with Gasteiger partial charge in [0.2, 0.25) is 0 Å². The smallest absolute Gasteiger partial charge is 0.127 e. The summed E-state index contributed by atoms with van der Waals surface area (Å²) in [5.41, 5.74) is 0.758. The van der Waals surface area contributed by atoms with E-state index in [9.17, 15) is 4.39 Å². The monoisotopic (exact) mass is 327 g/mol. The molecule has 0 aliphatic carbocycles. The molecule has 96 valence electrons. The van der Waals surface area contributed by atoms with Gasteiger partial charge in [-0.25, -0.2) is 4.39 Å². The van der Waals surface area contributed by atoms with E-state index in [1.807, 2.05) is 25.2 Å². The molecule has 4 heteroatoms. The molecule has 1 atom stereocenters. The summed E-state index contributed by atoms with van der Waals surface area (Å²) in [6, 6.07) is 9.68. The second kappa shape index (κ2) is 6.45. The van der Waals surface area contributed by atoms with Crippen molar-refractivity contribution < 1.29 is 4.39 Å². The average molecular weight is 328 g/mol. The highest BCUT2D eigenvalue weighted by Crippen LogP contribution is 2.18. The maximum atomic E-state index is 13.8. The fraction of sp³-hybridized carbons (Fsp3) is 0.286. The zero-order valence-electron chi connectivity index (χ0n) is 10.1. The minimum atomic E-state index is -0.143. The van der Waals surface area contributed by atoms with Gasteiger partial charge in [0.05, 0.1) is 0 Å². The fourth-order valence-corrected chi connectivity index (χ4v) is 3.02. The summed E-state index contributed by atoms with van der Waals surface area (Å²) in [4.78, 5) is 1.33. The lowest BCUT2D eigenvalue weighted by Gasteiger charge is -2.16. The van der Waals surface area contributed by atoms with Crippen molar-refractivity contribution in [3.63, 3.8) is 0 Å². The van der Waals surface area contributed by atoms with E-state index in [1.54, 1.807) is 11.3 Å². The molecule has 1 heterocycles. The van der Waals surface area contributed by atoms with E-state index in [0.717, 1.165) is 16.5 Å². The third-order valence-corrected chi connectivity index (χ3v) is 4.31. The molecule has 0 bridgehead atoms. The second-order valence-corrected chi connectivity index (χ2v) is 6.16. The van der Waals surface area contributed by atoms with Gasteiger partial charge in [-0.1, -0.05) is 28.1 Å². The summed E-state index contributed by atoms with van der Waals surface area (Å²) in [7, 11) is 1.93. The van der Waals surface area contributed by atoms with Gasteiger partial charge in [-0.05, 0) is 49.0 Å². The van der Waals surface area contributed by atoms with Crippen molar-refractivity contribution in [1.82, 2.24) is 5.32 Å². The maximum Gasteiger partial charge on any atom is 0.127 e. The molecule has 2 aromatic rings. The highest BCUT2D eigenvalue weighted by Gasteiger charge is 2.12. The topological polar surface area (TPSA) is 12.0 Å². The molecule has 0 aliphatic rings. The molecule has 0 saturated heterocycles. The Bertz CT molecular complexity index is 499. The highest BCUT2D eigenvalue weighted by atomic mass is 79.9. The van der Waals surface area contributed by atoms with E-state index < -0.39 is 0 Å². The Labute approximate surface area is 119 Å². The lowest BCUT2D eigenvalue weighted by Crippen LogP contribution is -2.29. The summed E-state index contributed by atoms with van der Waals surface area (Å²) in [5.74, 6) is -0.143. The van der Waals surface area contributed by atoms with Gasteiger partial charge in [-0.3, -0.25) is 0 Å². The fourth-order valence-electron chi connectivity index (χ4n) is 1.90. The molecule has 0 saturated carbocycles. The number of thiophene rings is 1. The van der Waals surface area contributed by atoms with Gasteiger partial charge in [0.15, 0.2) is 0 Å². The van der Waals surface area contributed by atoms with E-state index in [2.05, 4.69) is 32.7 Å². The summed E-state index contributed by atoms with van der Waals surface area (Å²) in [5, 5.41) is 5.33. The van der Waals surface area contributed by atoms with Crippen molar-refractivity contribution in [1.29, 1.82) is 0 Å². The molecule has 1 aromatic carbocycles. The number of hydrogen-bond donors (Lipinski definition) is 1. The first-order valence-electron chi connectivity index (χ1n) is 5.82. The standard InChI is InChI=1S/C14H15BrFNS/c1-17-12(9-13-3-2-6-18-13)7-10-4-5-11(15)8-14(10)16/h2-6,8,12,17H,7,9H2,1H3. The Morgan fingerprint density at radius 1 is 1.33 bits per heavy atom. The van der Waals surface area contributed by atoms with E-state index in [-0.39, 0.29) is 11.9 Å². The minimum Gasteiger partial charge on any atom is -0.316 e. The van der Waals surface area contributed by atoms with Crippen molar-refractivity contribution in [2.45, 2.75) is 18.9 Å². The largest absolute Gasteiger partial charge is 0.316 e. The van der Waals surface area contributed by atoms with Gasteiger partial charge >= 0.3 is 0 Å². The van der Waals surface area contributed by atoms with Crippen molar-refractivity contribution in [2.24, 2.45) is 0 Å². The molecule has 0 spiro atoms. The zero-order valence-corrected chi connectivity index (χ0v) is 12.5. The van der Waals surface area contributed by atoms with Crippen molar-refractivity contribution in [3.05, 3.63) is 56.4 Å². The second-order valence-electron chi connectivity index (χ2n) is 4.21. The van der Waals surface area contributed by atoms with Crippen LogP contribution in [-0.4, -0.2) is 13.1 Å². The summed E-state index contributed by atoms with van der Waals surface area (Å²) < 4.78 is 14.6. The summed E-state index contributed by atoms with van der Waals surface area (Å²) in [6.07, 6.45) is 1.64. The Kier molecular flexibility index (Phi) is 4.92. The SMILES string of the molecule is CNC(Cc1cccs1)Cc1ccc(Br)cc1F. The van der Waals surface area contributed by atoms with Crippen LogP contribution in [0.3, 0.4) is 0 Å². The molecule has 18 heavy (non-hydrogen) atoms. The first kappa shape index (κ1) is 13.7. The predicted molar refractivity (Wildman–Crippen MR) is 78.7 cm³/mol. The van der Waals surface area contributed by atoms with E-state index in [4.69, 9.17) is 0 Å². The van der Waals surface area contributed by atoms with Crippen molar-refractivity contribution in [3.8, 4) is 0 Å². The van der Waals surface area contributed by atoms with Gasteiger partial charge in [-0.2, -0.15) is 0 Å². The van der Waals surface area contributed by atoms with Gasteiger partial charge in [0, 0.05) is 15.4 Å². The molecule has 1 aromatic heterocycles. The van der Waals surface area contributed by atoms with Gasteiger partial charge in [0.1, 0.15) is 5.82 Å². The number of benzene rings is 1. The normalized spacial score (nSPS) is 12.6. The Balaban J connectivity index is 2.05. The van der Waals surface area contributed by atoms with Crippen LogP contribution in [0.25, 0.3) is 0 Å².